The minimum absolute atomic E-state index is 0.113. The molecule has 3 N–H and O–H groups in total. The van der Waals surface area contributed by atoms with Crippen molar-refractivity contribution in [1.29, 1.82) is 0 Å². The summed E-state index contributed by atoms with van der Waals surface area (Å²) in [6.45, 7) is 3.38. The van der Waals surface area contributed by atoms with Crippen LogP contribution < -0.4 is 15.5 Å². The molecule has 2 rings (SSSR count). The quantitative estimate of drug-likeness (QED) is 0.385. The zero-order valence-electron chi connectivity index (χ0n) is 14.2. The van der Waals surface area contributed by atoms with E-state index in [9.17, 15) is 5.11 Å². The van der Waals surface area contributed by atoms with Crippen molar-refractivity contribution < 1.29 is 9.84 Å². The molecule has 0 saturated heterocycles. The summed E-state index contributed by atoms with van der Waals surface area (Å²) in [6.07, 6.45) is 3.32. The number of hydrogen-bond acceptors (Lipinski definition) is 4. The zero-order chi connectivity index (χ0) is 17.9. The third-order valence-corrected chi connectivity index (χ3v) is 3.62. The molecule has 6 heteroatoms. The Bertz CT molecular complexity index is 705. The second-order valence-electron chi connectivity index (χ2n) is 5.43. The Morgan fingerprint density at radius 2 is 2.04 bits per heavy atom. The monoisotopic (exact) mass is 357 g/mol. The van der Waals surface area contributed by atoms with Crippen molar-refractivity contribution in [2.45, 2.75) is 19.8 Å². The van der Waals surface area contributed by atoms with Crippen LogP contribution in [0.3, 0.4) is 0 Å². The highest BCUT2D eigenvalue weighted by molar-refractivity contribution is 7.80. The maximum atomic E-state index is 9.98. The number of nitrogens with zero attached hydrogens (tertiary/aromatic N) is 1. The van der Waals surface area contributed by atoms with E-state index in [0.717, 1.165) is 19.4 Å². The molecular weight excluding hydrogens is 334 g/mol. The first kappa shape index (κ1) is 18.7. The number of thiocarbonyl (C=S) groups is 1. The van der Waals surface area contributed by atoms with E-state index in [1.165, 1.54) is 11.8 Å². The van der Waals surface area contributed by atoms with Crippen LogP contribution in [0.4, 0.5) is 0 Å². The summed E-state index contributed by atoms with van der Waals surface area (Å²) in [5.41, 5.74) is 4.57. The molecule has 0 aromatic heterocycles. The van der Waals surface area contributed by atoms with E-state index in [2.05, 4.69) is 28.0 Å². The molecule has 0 saturated carbocycles. The van der Waals surface area contributed by atoms with Gasteiger partial charge in [-0.1, -0.05) is 37.3 Å². The summed E-state index contributed by atoms with van der Waals surface area (Å²) in [7, 11) is 0. The van der Waals surface area contributed by atoms with Crippen LogP contribution in [-0.2, 0) is 6.42 Å². The summed E-state index contributed by atoms with van der Waals surface area (Å²) >= 11 is 5.17. The summed E-state index contributed by atoms with van der Waals surface area (Å²) in [6, 6.07) is 15.3. The number of nitrogens with one attached hydrogen (secondary N) is 2. The summed E-state index contributed by atoms with van der Waals surface area (Å²) < 4.78 is 5.46. The van der Waals surface area contributed by atoms with Gasteiger partial charge in [-0.2, -0.15) is 5.10 Å². The van der Waals surface area contributed by atoms with Crippen molar-refractivity contribution in [2.75, 3.05) is 13.2 Å². The van der Waals surface area contributed by atoms with Crippen molar-refractivity contribution in [3.63, 3.8) is 0 Å². The largest absolute Gasteiger partial charge is 0.507 e. The lowest BCUT2D eigenvalue weighted by Crippen LogP contribution is -2.33. The minimum atomic E-state index is 0.113. The number of hydrogen-bond donors (Lipinski definition) is 3. The molecule has 0 amide bonds. The molecule has 0 unspecified atom stereocenters. The van der Waals surface area contributed by atoms with Crippen LogP contribution in [0.25, 0.3) is 0 Å². The van der Waals surface area contributed by atoms with Gasteiger partial charge >= 0.3 is 0 Å². The van der Waals surface area contributed by atoms with Gasteiger partial charge in [0.1, 0.15) is 11.5 Å². The second-order valence-corrected chi connectivity index (χ2v) is 5.84. The highest BCUT2D eigenvalue weighted by Crippen LogP contribution is 2.22. The number of aromatic hydroxyl groups is 1. The van der Waals surface area contributed by atoms with Gasteiger partial charge in [-0.05, 0) is 42.8 Å². The molecular formula is C19H23N3O2S. The Morgan fingerprint density at radius 3 is 2.76 bits per heavy atom. The zero-order valence-corrected chi connectivity index (χ0v) is 15.1. The van der Waals surface area contributed by atoms with Crippen LogP contribution in [-0.4, -0.2) is 29.6 Å². The highest BCUT2D eigenvalue weighted by Gasteiger charge is 2.01. The number of ether oxygens (including phenoxy) is 1. The number of hydrazone groups is 1. The Labute approximate surface area is 153 Å². The molecule has 0 aliphatic heterocycles. The number of benzene rings is 2. The molecule has 2 aromatic carbocycles. The maximum Gasteiger partial charge on any atom is 0.186 e. The molecule has 0 aliphatic carbocycles. The van der Waals surface area contributed by atoms with E-state index in [1.807, 2.05) is 25.1 Å². The molecule has 0 heterocycles. The summed E-state index contributed by atoms with van der Waals surface area (Å²) in [4.78, 5) is 0. The maximum absolute atomic E-state index is 9.98. The van der Waals surface area contributed by atoms with Gasteiger partial charge in [-0.3, -0.25) is 5.43 Å². The van der Waals surface area contributed by atoms with Crippen LogP contribution in [0.15, 0.2) is 53.6 Å². The van der Waals surface area contributed by atoms with Gasteiger partial charge in [0.15, 0.2) is 5.11 Å². The molecule has 0 spiro atoms. The van der Waals surface area contributed by atoms with Crippen LogP contribution in [0.5, 0.6) is 11.5 Å². The summed E-state index contributed by atoms with van der Waals surface area (Å²) in [5.74, 6) is 0.754. The number of phenolic OH excluding ortho intramolecular Hbond substituents is 1. The van der Waals surface area contributed by atoms with Crippen LogP contribution in [0.2, 0.25) is 0 Å². The second kappa shape index (κ2) is 10.3. The molecule has 2 aromatic rings. The summed E-state index contributed by atoms with van der Waals surface area (Å²) in [5, 5.41) is 17.5. The van der Waals surface area contributed by atoms with E-state index in [0.29, 0.717) is 23.0 Å². The van der Waals surface area contributed by atoms with Gasteiger partial charge in [-0.25, -0.2) is 0 Å². The Hall–Kier alpha value is -2.60. The fourth-order valence-corrected chi connectivity index (χ4v) is 2.26. The van der Waals surface area contributed by atoms with E-state index in [1.54, 1.807) is 18.2 Å². The van der Waals surface area contributed by atoms with Crippen molar-refractivity contribution in [1.82, 2.24) is 10.7 Å². The molecule has 0 fully saturated rings. The first-order valence-electron chi connectivity index (χ1n) is 8.25. The van der Waals surface area contributed by atoms with Crippen LogP contribution in [0, 0.1) is 0 Å². The average Bonchev–Trinajstić information content (AvgIpc) is 2.62. The lowest BCUT2D eigenvalue weighted by molar-refractivity contribution is 0.315. The predicted molar refractivity (Wildman–Crippen MR) is 105 cm³/mol. The van der Waals surface area contributed by atoms with Crippen molar-refractivity contribution in [2.24, 2.45) is 5.10 Å². The lowest BCUT2D eigenvalue weighted by atomic mass is 10.1. The van der Waals surface area contributed by atoms with E-state index < -0.39 is 0 Å². The average molecular weight is 357 g/mol. The van der Waals surface area contributed by atoms with Gasteiger partial charge in [0.25, 0.3) is 0 Å². The van der Waals surface area contributed by atoms with E-state index >= 15 is 0 Å². The van der Waals surface area contributed by atoms with Crippen molar-refractivity contribution >= 4 is 23.5 Å². The molecule has 25 heavy (non-hydrogen) atoms. The van der Waals surface area contributed by atoms with Gasteiger partial charge < -0.3 is 15.2 Å². The topological polar surface area (TPSA) is 65.9 Å². The number of phenols is 1. The third-order valence-electron chi connectivity index (χ3n) is 3.39. The third kappa shape index (κ3) is 6.81. The molecule has 132 valence electrons. The Morgan fingerprint density at radius 1 is 1.24 bits per heavy atom. The lowest BCUT2D eigenvalue weighted by Gasteiger charge is -2.08. The normalized spacial score (nSPS) is 10.6. The highest BCUT2D eigenvalue weighted by atomic mass is 32.1. The first-order valence-corrected chi connectivity index (χ1v) is 8.66. The fourth-order valence-electron chi connectivity index (χ4n) is 2.11. The van der Waals surface area contributed by atoms with Crippen LogP contribution >= 0.6 is 12.2 Å². The van der Waals surface area contributed by atoms with Crippen molar-refractivity contribution in [3.8, 4) is 11.5 Å². The van der Waals surface area contributed by atoms with Gasteiger partial charge in [-0.15, -0.1) is 0 Å². The molecule has 0 radical (unpaired) electrons. The van der Waals surface area contributed by atoms with Gasteiger partial charge in [0, 0.05) is 18.2 Å². The number of rotatable bonds is 8. The van der Waals surface area contributed by atoms with Crippen molar-refractivity contribution in [3.05, 3.63) is 59.7 Å². The standard InChI is InChI=1S/C19H23N3O2S/c1-2-12-24-17-9-8-16(18(23)13-17)14-21-22-19(25)20-11-10-15-6-4-3-5-7-15/h3-9,13-14,23H,2,10-12H2,1H3,(H2,20,22,25)/b21-14+. The Kier molecular flexibility index (Phi) is 7.72. The van der Waals surface area contributed by atoms with Gasteiger partial charge in [0.2, 0.25) is 0 Å². The smallest absolute Gasteiger partial charge is 0.186 e. The first-order chi connectivity index (χ1) is 12.2. The van der Waals surface area contributed by atoms with E-state index in [-0.39, 0.29) is 5.75 Å². The molecule has 0 aliphatic rings. The molecule has 0 atom stereocenters. The fraction of sp³-hybridized carbons (Fsp3) is 0.263. The molecule has 5 nitrogen and oxygen atoms in total. The van der Waals surface area contributed by atoms with Gasteiger partial charge in [0.05, 0.1) is 12.8 Å². The Balaban J connectivity index is 1.75. The van der Waals surface area contributed by atoms with E-state index in [4.69, 9.17) is 17.0 Å². The minimum Gasteiger partial charge on any atom is -0.507 e. The molecule has 0 bridgehead atoms. The predicted octanol–water partition coefficient (Wildman–Crippen LogP) is 3.22. The SMILES string of the molecule is CCCOc1ccc(/C=N/NC(=S)NCCc2ccccc2)c(O)c1. The van der Waals surface area contributed by atoms with Crippen LogP contribution in [0.1, 0.15) is 24.5 Å².